The fourth-order valence-corrected chi connectivity index (χ4v) is 2.83. The molecule has 1 aromatic rings. The molecule has 1 aliphatic heterocycles. The molecule has 0 aromatic heterocycles. The number of carboxylic acid groups (broad SMARTS) is 1. The van der Waals surface area contributed by atoms with Crippen LogP contribution in [0, 0.1) is 29.1 Å². The third kappa shape index (κ3) is 8.52. The van der Waals surface area contributed by atoms with Crippen molar-refractivity contribution in [1.82, 2.24) is 15.5 Å². The number of hydrogen-bond acceptors (Lipinski definition) is 5. The van der Waals surface area contributed by atoms with Crippen LogP contribution in [-0.4, -0.2) is 73.0 Å². The van der Waals surface area contributed by atoms with Crippen LogP contribution >= 0.6 is 0 Å². The molecule has 0 saturated carbocycles. The molecule has 0 unspecified atom stereocenters. The molecule has 1 saturated heterocycles. The summed E-state index contributed by atoms with van der Waals surface area (Å²) in [5.74, 6) is -15.2. The van der Waals surface area contributed by atoms with Gasteiger partial charge in [0.05, 0.1) is 6.61 Å². The van der Waals surface area contributed by atoms with Gasteiger partial charge in [-0.2, -0.15) is 13.2 Å². The molecule has 16 heteroatoms. The van der Waals surface area contributed by atoms with E-state index in [1.54, 1.807) is 11.8 Å². The second-order valence-electron chi connectivity index (χ2n) is 6.92. The fourth-order valence-electron chi connectivity index (χ4n) is 2.83. The minimum absolute atomic E-state index is 0.0526. The van der Waals surface area contributed by atoms with E-state index in [2.05, 4.69) is 10.6 Å². The van der Waals surface area contributed by atoms with Crippen molar-refractivity contribution in [3.8, 4) is 0 Å². The van der Waals surface area contributed by atoms with Crippen molar-refractivity contribution in [2.45, 2.75) is 32.0 Å². The molecular formula is C19H21F8N3O5. The predicted octanol–water partition coefficient (Wildman–Crippen LogP) is 2.96. The minimum Gasteiger partial charge on any atom is -0.475 e. The lowest BCUT2D eigenvalue weighted by molar-refractivity contribution is -0.192. The number of piperidine rings is 1. The van der Waals surface area contributed by atoms with E-state index < -0.39 is 52.7 Å². The van der Waals surface area contributed by atoms with E-state index >= 15 is 0 Å². The van der Waals surface area contributed by atoms with Crippen LogP contribution in [0.4, 0.5) is 39.9 Å². The Balaban J connectivity index is 0.000000762. The highest BCUT2D eigenvalue weighted by atomic mass is 19.4. The lowest BCUT2D eigenvalue weighted by atomic mass is 10.1. The average molecular weight is 523 g/mol. The lowest BCUT2D eigenvalue weighted by Crippen LogP contribution is -2.46. The number of carboxylic acids is 1. The molecule has 1 fully saturated rings. The molecule has 8 nitrogen and oxygen atoms in total. The number of benzene rings is 1. The van der Waals surface area contributed by atoms with Crippen molar-refractivity contribution < 1.29 is 59.4 Å². The predicted molar refractivity (Wildman–Crippen MR) is 102 cm³/mol. The van der Waals surface area contributed by atoms with Crippen molar-refractivity contribution in [3.63, 3.8) is 0 Å². The molecule has 2 rings (SSSR count). The zero-order chi connectivity index (χ0) is 26.9. The summed E-state index contributed by atoms with van der Waals surface area (Å²) < 4.78 is 103. The van der Waals surface area contributed by atoms with Crippen molar-refractivity contribution in [1.29, 1.82) is 0 Å². The molecule has 198 valence electrons. The van der Waals surface area contributed by atoms with Crippen molar-refractivity contribution in [2.75, 3.05) is 32.8 Å². The van der Waals surface area contributed by atoms with Gasteiger partial charge in [0, 0.05) is 32.2 Å². The summed E-state index contributed by atoms with van der Waals surface area (Å²) in [5, 5.41) is 12.3. The summed E-state index contributed by atoms with van der Waals surface area (Å²) in [6, 6.07) is 0.0526. The van der Waals surface area contributed by atoms with E-state index in [0.29, 0.717) is 32.5 Å². The molecule has 0 spiro atoms. The van der Waals surface area contributed by atoms with Gasteiger partial charge in [0.2, 0.25) is 5.82 Å². The first-order chi connectivity index (χ1) is 16.2. The second-order valence-corrected chi connectivity index (χ2v) is 6.92. The number of ether oxygens (including phenoxy) is 1. The van der Waals surface area contributed by atoms with Crippen LogP contribution in [0.5, 0.6) is 0 Å². The summed E-state index contributed by atoms with van der Waals surface area (Å²) in [7, 11) is 0. The van der Waals surface area contributed by atoms with Gasteiger partial charge >= 0.3 is 18.2 Å². The van der Waals surface area contributed by atoms with Gasteiger partial charge in [-0.15, -0.1) is 0 Å². The van der Waals surface area contributed by atoms with Crippen molar-refractivity contribution in [3.05, 3.63) is 34.6 Å². The Hall–Kier alpha value is -3.17. The van der Waals surface area contributed by atoms with E-state index in [1.807, 2.05) is 0 Å². The molecule has 3 N–H and O–H groups in total. The van der Waals surface area contributed by atoms with E-state index in [0.717, 1.165) is 0 Å². The first-order valence-corrected chi connectivity index (χ1v) is 9.97. The van der Waals surface area contributed by atoms with Crippen LogP contribution in [0.3, 0.4) is 0 Å². The molecule has 0 aliphatic carbocycles. The first kappa shape index (κ1) is 29.9. The smallest absolute Gasteiger partial charge is 0.475 e. The van der Waals surface area contributed by atoms with Crippen LogP contribution < -0.4 is 10.6 Å². The van der Waals surface area contributed by atoms with Gasteiger partial charge in [-0.25, -0.2) is 31.5 Å². The largest absolute Gasteiger partial charge is 0.490 e. The Kier molecular flexibility index (Phi) is 11.1. The van der Waals surface area contributed by atoms with Gasteiger partial charge in [0.1, 0.15) is 5.56 Å². The summed E-state index contributed by atoms with van der Waals surface area (Å²) in [6.07, 6.45) is -4.18. The summed E-state index contributed by atoms with van der Waals surface area (Å²) in [5.41, 5.74) is -1.51. The van der Waals surface area contributed by atoms with Crippen molar-refractivity contribution in [2.24, 2.45) is 0 Å². The number of likely N-dealkylation sites (tertiary alicyclic amines) is 1. The molecular weight excluding hydrogens is 502 g/mol. The van der Waals surface area contributed by atoms with Crippen LogP contribution in [0.2, 0.25) is 0 Å². The number of nitrogens with zero attached hydrogens (tertiary/aromatic N) is 1. The van der Waals surface area contributed by atoms with Crippen LogP contribution in [-0.2, 0) is 9.53 Å². The van der Waals surface area contributed by atoms with Gasteiger partial charge < -0.3 is 25.4 Å². The molecule has 1 heterocycles. The zero-order valence-electron chi connectivity index (χ0n) is 18.1. The molecule has 1 aromatic carbocycles. The maximum Gasteiger partial charge on any atom is 0.490 e. The lowest BCUT2D eigenvalue weighted by Gasteiger charge is -2.31. The molecule has 2 amide bonds. The van der Waals surface area contributed by atoms with E-state index in [4.69, 9.17) is 14.6 Å². The number of hydrogen-bond donors (Lipinski definition) is 3. The molecule has 1 aliphatic rings. The number of carbonyl (C=O) groups is 3. The minimum atomic E-state index is -5.08. The summed E-state index contributed by atoms with van der Waals surface area (Å²) in [6.45, 7) is 3.12. The highest BCUT2D eigenvalue weighted by Crippen LogP contribution is 2.22. The standard InChI is InChI=1S/C17H20F5N3O3.C2HF3O2/c1-2-28-17(27)25-7-3-9(4-8-25)23-5-6-24-16(26)10-11(18)13(20)15(22)14(21)12(10)19;3-2(4,5)1(6)7/h9,23H,2-8H2,1H3,(H,24,26);(H,6,7). The third-order valence-electron chi connectivity index (χ3n) is 4.54. The van der Waals surface area contributed by atoms with Crippen LogP contribution in [0.1, 0.15) is 30.1 Å². The Morgan fingerprint density at radius 3 is 1.83 bits per heavy atom. The fraction of sp³-hybridized carbons (Fsp3) is 0.526. The highest BCUT2D eigenvalue weighted by molar-refractivity contribution is 5.94. The van der Waals surface area contributed by atoms with E-state index in [1.165, 1.54) is 0 Å². The number of halogens is 8. The normalized spacial score (nSPS) is 14.1. The SMILES string of the molecule is CCOC(=O)N1CCC(NCCNC(=O)c2c(F)c(F)c(F)c(F)c2F)CC1.O=C(O)C(F)(F)F. The number of carbonyl (C=O) groups excluding carboxylic acids is 2. The Labute approximate surface area is 193 Å². The maximum atomic E-state index is 13.6. The van der Waals surface area contributed by atoms with Crippen LogP contribution in [0.15, 0.2) is 0 Å². The zero-order valence-corrected chi connectivity index (χ0v) is 18.1. The number of rotatable bonds is 6. The maximum absolute atomic E-state index is 13.6. The quantitative estimate of drug-likeness (QED) is 0.229. The Morgan fingerprint density at radius 2 is 1.40 bits per heavy atom. The van der Waals surface area contributed by atoms with Crippen LogP contribution in [0.25, 0.3) is 0 Å². The number of alkyl halides is 3. The number of nitrogens with one attached hydrogen (secondary N) is 2. The van der Waals surface area contributed by atoms with Crippen molar-refractivity contribution >= 4 is 18.0 Å². The number of aliphatic carboxylic acids is 1. The average Bonchev–Trinajstić information content (AvgIpc) is 2.79. The van der Waals surface area contributed by atoms with Gasteiger partial charge in [-0.3, -0.25) is 4.79 Å². The van der Waals surface area contributed by atoms with Gasteiger partial charge in [-0.1, -0.05) is 0 Å². The molecule has 35 heavy (non-hydrogen) atoms. The van der Waals surface area contributed by atoms with Gasteiger partial charge in [0.15, 0.2) is 23.3 Å². The van der Waals surface area contributed by atoms with E-state index in [9.17, 15) is 44.7 Å². The summed E-state index contributed by atoms with van der Waals surface area (Å²) >= 11 is 0. The Bertz CT molecular complexity index is 892. The topological polar surface area (TPSA) is 108 Å². The monoisotopic (exact) mass is 523 g/mol. The second kappa shape index (κ2) is 13.1. The summed E-state index contributed by atoms with van der Waals surface area (Å²) in [4.78, 5) is 33.9. The first-order valence-electron chi connectivity index (χ1n) is 9.97. The van der Waals surface area contributed by atoms with E-state index in [-0.39, 0.29) is 25.2 Å². The molecule has 0 atom stereocenters. The van der Waals surface area contributed by atoms with Gasteiger partial charge in [-0.05, 0) is 19.8 Å². The Morgan fingerprint density at radius 1 is 0.943 bits per heavy atom. The highest BCUT2D eigenvalue weighted by Gasteiger charge is 2.38. The molecule has 0 radical (unpaired) electrons. The number of amides is 2. The van der Waals surface area contributed by atoms with Gasteiger partial charge in [0.25, 0.3) is 5.91 Å². The molecule has 0 bridgehead atoms. The third-order valence-corrected chi connectivity index (χ3v) is 4.54.